The minimum atomic E-state index is -3.58. The van der Waals surface area contributed by atoms with E-state index in [0.29, 0.717) is 5.56 Å². The van der Waals surface area contributed by atoms with Crippen LogP contribution in [0.4, 0.5) is 4.79 Å². The Balaban J connectivity index is 1.65. The molecule has 6 rings (SSSR count). The van der Waals surface area contributed by atoms with E-state index in [1.165, 1.54) is 13.0 Å². The van der Waals surface area contributed by atoms with Gasteiger partial charge in [0.15, 0.2) is 49.4 Å². The Bertz CT molecular complexity index is 2720. The third-order valence-corrected chi connectivity index (χ3v) is 19.0. The summed E-state index contributed by atoms with van der Waals surface area (Å²) in [5.41, 5.74) is 0.640. The first-order chi connectivity index (χ1) is 40.6. The van der Waals surface area contributed by atoms with Crippen molar-refractivity contribution in [2.45, 2.75) is 177 Å². The standard InChI is InChI=1S/C59H74Cl3NO22Si/c1-12-28-71-54-45(63-57(70)74-32-59(60,61)62)49(85-55-52(73-29-40-22-16-13-17-23-40)50(79-37(6)67)46(33(2)76-55)77-35(4)65)47(44(82-54)31-75-86(58(9,10)11,41-24-18-14-19-25-41)42-26-20-15-21-27-42)84-56-53(81-39(8)69)51(80-38(7)68)48(78-36(5)66)43(83-56)30-72-34(3)64/h12-27,33,43-56H,1,28-32H2,2-11H3,(H,63,70)/t33-,43+,44+,45+,46+,47+,48-,49+,50+,51-,52-,53+,54-,55-,56+/m0/s1. The fourth-order valence-corrected chi connectivity index (χ4v) is 15.2. The normalized spacial score (nSPS) is 27.7. The fraction of sp³-hybridized carbons (Fsp3) is 0.542. The third-order valence-electron chi connectivity index (χ3n) is 13.7. The zero-order valence-electron chi connectivity index (χ0n) is 49.3. The lowest BCUT2D eigenvalue weighted by Crippen LogP contribution is -2.72. The van der Waals surface area contributed by atoms with Crippen LogP contribution in [0.15, 0.2) is 104 Å². The van der Waals surface area contributed by atoms with Crippen LogP contribution in [0.1, 0.15) is 74.8 Å². The monoisotopic (exact) mass is 1280 g/mol. The second-order valence-corrected chi connectivity index (χ2v) is 28.2. The number of nitrogens with one attached hydrogen (secondary N) is 1. The zero-order chi connectivity index (χ0) is 63.1. The molecular weight excluding hydrogens is 1210 g/mol. The van der Waals surface area contributed by atoms with Gasteiger partial charge in [-0.05, 0) is 27.9 Å². The first-order valence-electron chi connectivity index (χ1n) is 27.5. The van der Waals surface area contributed by atoms with Gasteiger partial charge in [0.05, 0.1) is 25.9 Å². The lowest BCUT2D eigenvalue weighted by atomic mass is 9.94. The Morgan fingerprint density at radius 2 is 1.01 bits per heavy atom. The largest absolute Gasteiger partial charge is 0.463 e. The van der Waals surface area contributed by atoms with Gasteiger partial charge in [0, 0.05) is 41.5 Å². The van der Waals surface area contributed by atoms with Gasteiger partial charge in [-0.25, -0.2) is 4.79 Å². The maximum atomic E-state index is 14.3. The second kappa shape index (κ2) is 31.4. The Labute approximate surface area is 515 Å². The highest BCUT2D eigenvalue weighted by molar-refractivity contribution is 6.99. The summed E-state index contributed by atoms with van der Waals surface area (Å²) >= 11 is 18.2. The molecule has 3 aliphatic heterocycles. The fourth-order valence-electron chi connectivity index (χ4n) is 10.4. The minimum Gasteiger partial charge on any atom is -0.463 e. The molecule has 0 bridgehead atoms. The first-order valence-corrected chi connectivity index (χ1v) is 30.6. The van der Waals surface area contributed by atoms with Gasteiger partial charge in [0.1, 0.15) is 49.8 Å². The number of halogens is 3. The highest BCUT2D eigenvalue weighted by Gasteiger charge is 2.60. The molecule has 86 heavy (non-hydrogen) atoms. The molecule has 27 heteroatoms. The smallest absolute Gasteiger partial charge is 0.407 e. The van der Waals surface area contributed by atoms with E-state index in [1.54, 1.807) is 30.3 Å². The number of alkyl halides is 3. The van der Waals surface area contributed by atoms with E-state index in [-0.39, 0.29) is 13.2 Å². The summed E-state index contributed by atoms with van der Waals surface area (Å²) in [4.78, 5) is 92.0. The molecule has 3 heterocycles. The number of alkyl carbamates (subject to hydrolysis) is 1. The van der Waals surface area contributed by atoms with Crippen LogP contribution in [0.3, 0.4) is 0 Å². The van der Waals surface area contributed by atoms with Crippen molar-refractivity contribution in [3.8, 4) is 0 Å². The van der Waals surface area contributed by atoms with Crippen molar-refractivity contribution >= 4 is 95.4 Å². The highest BCUT2D eigenvalue weighted by atomic mass is 35.6. The molecule has 23 nitrogen and oxygen atoms in total. The van der Waals surface area contributed by atoms with Crippen LogP contribution in [-0.2, 0) is 106 Å². The van der Waals surface area contributed by atoms with Gasteiger partial charge in [-0.2, -0.15) is 0 Å². The number of carbonyl (C=O) groups is 7. The van der Waals surface area contributed by atoms with E-state index in [0.717, 1.165) is 51.9 Å². The second-order valence-electron chi connectivity index (χ2n) is 21.4. The van der Waals surface area contributed by atoms with Gasteiger partial charge in [-0.1, -0.05) is 153 Å². The number of benzene rings is 3. The topological polar surface area (TPSA) is 270 Å². The summed E-state index contributed by atoms with van der Waals surface area (Å²) < 4.78 is 92.9. The molecule has 3 fully saturated rings. The van der Waals surface area contributed by atoms with E-state index in [9.17, 15) is 33.6 Å². The van der Waals surface area contributed by atoms with Crippen LogP contribution < -0.4 is 15.7 Å². The number of hydrogen-bond acceptors (Lipinski definition) is 22. The van der Waals surface area contributed by atoms with E-state index >= 15 is 0 Å². The van der Waals surface area contributed by atoms with Crippen molar-refractivity contribution < 1.29 is 104 Å². The average Bonchev–Trinajstić information content (AvgIpc) is 1.31. The molecule has 3 aromatic carbocycles. The Kier molecular flexibility index (Phi) is 25.4. The number of esters is 6. The number of carbonyl (C=O) groups excluding carboxylic acids is 7. The summed E-state index contributed by atoms with van der Waals surface area (Å²) in [7, 11) is -3.58. The summed E-state index contributed by atoms with van der Waals surface area (Å²) in [6.07, 6.45) is -22.2. The van der Waals surface area contributed by atoms with E-state index in [1.807, 2.05) is 81.4 Å². The number of hydrogen-bond donors (Lipinski definition) is 1. The number of rotatable bonds is 24. The van der Waals surface area contributed by atoms with Gasteiger partial charge >= 0.3 is 41.9 Å². The van der Waals surface area contributed by atoms with Crippen molar-refractivity contribution in [1.82, 2.24) is 5.32 Å². The molecule has 0 saturated carbocycles. The van der Waals surface area contributed by atoms with Crippen LogP contribution >= 0.6 is 34.8 Å². The van der Waals surface area contributed by atoms with Crippen LogP contribution in [0.5, 0.6) is 0 Å². The molecule has 1 N–H and O–H groups in total. The molecule has 0 aliphatic carbocycles. The first kappa shape index (κ1) is 69.4. The summed E-state index contributed by atoms with van der Waals surface area (Å²) in [6.45, 7) is 15.8. The highest BCUT2D eigenvalue weighted by Crippen LogP contribution is 2.41. The third kappa shape index (κ3) is 18.9. The van der Waals surface area contributed by atoms with Crippen molar-refractivity contribution in [3.63, 3.8) is 0 Å². The van der Waals surface area contributed by atoms with E-state index in [2.05, 4.69) is 11.9 Å². The predicted molar refractivity (Wildman–Crippen MR) is 309 cm³/mol. The predicted octanol–water partition coefficient (Wildman–Crippen LogP) is 6.00. The summed E-state index contributed by atoms with van der Waals surface area (Å²) in [5, 5.41) is 3.74. The molecule has 3 aromatic rings. The van der Waals surface area contributed by atoms with Gasteiger partial charge in [-0.15, -0.1) is 6.58 Å². The molecule has 15 atom stereocenters. The minimum absolute atomic E-state index is 0.169. The molecular formula is C59H74Cl3NO22Si. The molecule has 1 amide bonds. The Hall–Kier alpha value is -5.74. The van der Waals surface area contributed by atoms with Gasteiger partial charge in [-0.3, -0.25) is 28.8 Å². The maximum absolute atomic E-state index is 14.3. The van der Waals surface area contributed by atoms with Crippen molar-refractivity contribution in [2.24, 2.45) is 0 Å². The molecule has 3 aliphatic rings. The molecule has 0 unspecified atom stereocenters. The van der Waals surface area contributed by atoms with Crippen LogP contribution in [0, 0.1) is 0 Å². The molecule has 0 spiro atoms. The Morgan fingerprint density at radius 1 is 0.547 bits per heavy atom. The van der Waals surface area contributed by atoms with Gasteiger partial charge < -0.3 is 76.1 Å². The quantitative estimate of drug-likeness (QED) is 0.0354. The molecule has 0 radical (unpaired) electrons. The van der Waals surface area contributed by atoms with Crippen molar-refractivity contribution in [1.29, 1.82) is 0 Å². The number of ether oxygens (including phenoxy) is 14. The van der Waals surface area contributed by atoms with Crippen LogP contribution in [0.2, 0.25) is 5.04 Å². The lowest BCUT2D eigenvalue weighted by Gasteiger charge is -2.52. The maximum Gasteiger partial charge on any atom is 0.407 e. The summed E-state index contributed by atoms with van der Waals surface area (Å²) in [5.74, 6) is -5.14. The molecule has 472 valence electrons. The lowest BCUT2D eigenvalue weighted by molar-refractivity contribution is -0.375. The van der Waals surface area contributed by atoms with E-state index in [4.69, 9.17) is 106 Å². The van der Waals surface area contributed by atoms with Gasteiger partial charge in [0.2, 0.25) is 3.79 Å². The SMILES string of the molecule is C=CCO[C@H]1O[C@H](CO[Si](c2ccccc2)(c2ccccc2)C(C)(C)C)[C@@H](O[C@H]2O[C@H](COC(C)=O)[C@H](OC(C)=O)[C@H](OC(C)=O)[C@H]2OC(C)=O)[C@H](O[C@@H]2O[C@@H](C)[C@@H](OC(C)=O)[C@@H](OC(C)=O)[C@@H]2OCc2ccccc2)[C@H]1NC(=O)OCC(Cl)(Cl)Cl. The average molecular weight is 1280 g/mol. The number of amides is 1. The van der Waals surface area contributed by atoms with Crippen molar-refractivity contribution in [2.75, 3.05) is 26.4 Å². The molecule has 3 saturated heterocycles. The Morgan fingerprint density at radius 3 is 1.52 bits per heavy atom. The van der Waals surface area contributed by atoms with E-state index < -0.39 is 171 Å². The zero-order valence-corrected chi connectivity index (χ0v) is 52.5. The van der Waals surface area contributed by atoms with Crippen LogP contribution in [0.25, 0.3) is 0 Å². The summed E-state index contributed by atoms with van der Waals surface area (Å²) in [6, 6.07) is 26.4. The van der Waals surface area contributed by atoms with Crippen LogP contribution in [-0.4, -0.2) is 173 Å². The van der Waals surface area contributed by atoms with Crippen molar-refractivity contribution in [3.05, 3.63) is 109 Å². The molecule has 0 aromatic heterocycles. The van der Waals surface area contributed by atoms with Gasteiger partial charge in [0.25, 0.3) is 8.32 Å².